The summed E-state index contributed by atoms with van der Waals surface area (Å²) in [5.41, 5.74) is 1.22. The topological polar surface area (TPSA) is 80.0 Å². The number of amides is 1. The molecule has 1 aromatic carbocycles. The van der Waals surface area contributed by atoms with Gasteiger partial charge in [0.05, 0.1) is 11.1 Å². The lowest BCUT2D eigenvalue weighted by Crippen LogP contribution is -2.37. The Morgan fingerprint density at radius 3 is 3.05 bits per heavy atom. The minimum Gasteiger partial charge on any atom is -0.350 e. The fraction of sp³-hybridized carbons (Fsp3) is 0.400. The first-order chi connectivity index (χ1) is 10.2. The van der Waals surface area contributed by atoms with E-state index in [1.807, 2.05) is 18.2 Å². The summed E-state index contributed by atoms with van der Waals surface area (Å²) < 4.78 is 5.17. The number of nitrogens with zero attached hydrogens (tertiary/aromatic N) is 2. The number of rotatable bonds is 4. The molecule has 1 aliphatic rings. The Bertz CT molecular complexity index is 632. The molecule has 0 saturated carbocycles. The number of carbonyl (C=O) groups excluding carboxylic acids is 1. The van der Waals surface area contributed by atoms with Gasteiger partial charge in [0.1, 0.15) is 0 Å². The van der Waals surface area contributed by atoms with E-state index in [0.29, 0.717) is 35.4 Å². The summed E-state index contributed by atoms with van der Waals surface area (Å²) in [6.07, 6.45) is 2.27. The Kier molecular flexibility index (Phi) is 3.96. The van der Waals surface area contributed by atoms with Crippen molar-refractivity contribution in [2.45, 2.75) is 25.8 Å². The first kappa shape index (κ1) is 13.8. The van der Waals surface area contributed by atoms with Crippen LogP contribution in [0.5, 0.6) is 0 Å². The molecule has 2 N–H and O–H groups in total. The third-order valence-corrected chi connectivity index (χ3v) is 3.60. The van der Waals surface area contributed by atoms with Crippen LogP contribution in [0.4, 0.5) is 0 Å². The third-order valence-electron chi connectivity index (χ3n) is 3.60. The molecule has 21 heavy (non-hydrogen) atoms. The largest absolute Gasteiger partial charge is 0.350 e. The van der Waals surface area contributed by atoms with Crippen LogP contribution >= 0.6 is 0 Å². The summed E-state index contributed by atoms with van der Waals surface area (Å²) in [4.78, 5) is 16.6. The van der Waals surface area contributed by atoms with Gasteiger partial charge in [-0.25, -0.2) is 0 Å². The lowest BCUT2D eigenvalue weighted by Gasteiger charge is -2.12. The highest BCUT2D eigenvalue weighted by molar-refractivity contribution is 5.99. The van der Waals surface area contributed by atoms with Gasteiger partial charge in [0.2, 0.25) is 0 Å². The molecule has 1 fully saturated rings. The Balaban J connectivity index is 1.76. The van der Waals surface area contributed by atoms with Crippen LogP contribution in [-0.4, -0.2) is 35.2 Å². The second-order valence-electron chi connectivity index (χ2n) is 5.20. The molecule has 0 spiro atoms. The second-order valence-corrected chi connectivity index (χ2v) is 5.20. The minimum atomic E-state index is -0.116. The fourth-order valence-electron chi connectivity index (χ4n) is 2.52. The van der Waals surface area contributed by atoms with E-state index in [4.69, 9.17) is 4.52 Å². The van der Waals surface area contributed by atoms with Gasteiger partial charge in [0.15, 0.2) is 5.82 Å². The number of nitrogens with one attached hydrogen (secondary N) is 2. The lowest BCUT2D eigenvalue weighted by molar-refractivity contribution is 0.0950. The summed E-state index contributed by atoms with van der Waals surface area (Å²) in [5.74, 6) is 0.808. The van der Waals surface area contributed by atoms with E-state index in [1.54, 1.807) is 13.0 Å². The van der Waals surface area contributed by atoms with Gasteiger partial charge in [-0.05, 0) is 38.4 Å². The third kappa shape index (κ3) is 3.11. The maximum Gasteiger partial charge on any atom is 0.258 e. The zero-order chi connectivity index (χ0) is 14.7. The van der Waals surface area contributed by atoms with Crippen molar-refractivity contribution in [2.24, 2.45) is 0 Å². The zero-order valence-electron chi connectivity index (χ0n) is 11.9. The Morgan fingerprint density at radius 2 is 2.33 bits per heavy atom. The molecule has 0 aliphatic carbocycles. The van der Waals surface area contributed by atoms with Crippen molar-refractivity contribution in [3.8, 4) is 11.5 Å². The van der Waals surface area contributed by atoms with Crippen LogP contribution in [0.15, 0.2) is 28.8 Å². The van der Waals surface area contributed by atoms with E-state index in [1.165, 1.54) is 6.42 Å². The highest BCUT2D eigenvalue weighted by atomic mass is 16.5. The first-order valence-electron chi connectivity index (χ1n) is 7.15. The van der Waals surface area contributed by atoms with E-state index in [2.05, 4.69) is 20.8 Å². The van der Waals surface area contributed by atoms with Gasteiger partial charge < -0.3 is 15.2 Å². The van der Waals surface area contributed by atoms with Crippen LogP contribution in [0.1, 0.15) is 29.0 Å². The smallest absolute Gasteiger partial charge is 0.258 e. The number of carbonyl (C=O) groups is 1. The molecule has 0 bridgehead atoms. The summed E-state index contributed by atoms with van der Waals surface area (Å²) >= 11 is 0. The zero-order valence-corrected chi connectivity index (χ0v) is 11.9. The van der Waals surface area contributed by atoms with Gasteiger partial charge in [-0.2, -0.15) is 4.98 Å². The molecule has 110 valence electrons. The molecule has 1 unspecified atom stereocenters. The van der Waals surface area contributed by atoms with Crippen LogP contribution in [-0.2, 0) is 0 Å². The second kappa shape index (κ2) is 6.05. The predicted octanol–water partition coefficient (Wildman–Crippen LogP) is 1.53. The van der Waals surface area contributed by atoms with Crippen molar-refractivity contribution in [3.05, 3.63) is 35.7 Å². The van der Waals surface area contributed by atoms with Gasteiger partial charge in [-0.3, -0.25) is 4.79 Å². The molecule has 2 aromatic rings. The van der Waals surface area contributed by atoms with Crippen LogP contribution in [0.25, 0.3) is 11.5 Å². The van der Waals surface area contributed by atoms with Crippen LogP contribution in [0.3, 0.4) is 0 Å². The maximum atomic E-state index is 12.4. The highest BCUT2D eigenvalue weighted by Gasteiger charge is 2.19. The van der Waals surface area contributed by atoms with Crippen molar-refractivity contribution in [1.82, 2.24) is 20.8 Å². The molecule has 6 heteroatoms. The van der Waals surface area contributed by atoms with E-state index in [0.717, 1.165) is 13.0 Å². The molecular formula is C15H18N4O2. The first-order valence-corrected chi connectivity index (χ1v) is 7.15. The number of aryl methyl sites for hydroxylation is 1. The van der Waals surface area contributed by atoms with Gasteiger partial charge in [-0.1, -0.05) is 17.3 Å². The van der Waals surface area contributed by atoms with Gasteiger partial charge in [0.25, 0.3) is 11.8 Å². The van der Waals surface area contributed by atoms with Crippen LogP contribution in [0.2, 0.25) is 0 Å². The van der Waals surface area contributed by atoms with E-state index in [9.17, 15) is 4.79 Å². The summed E-state index contributed by atoms with van der Waals surface area (Å²) in [7, 11) is 0. The molecule has 6 nitrogen and oxygen atoms in total. The van der Waals surface area contributed by atoms with Gasteiger partial charge in [0, 0.05) is 12.6 Å². The van der Waals surface area contributed by atoms with E-state index in [-0.39, 0.29) is 5.91 Å². The monoisotopic (exact) mass is 286 g/mol. The highest BCUT2D eigenvalue weighted by Crippen LogP contribution is 2.21. The van der Waals surface area contributed by atoms with Crippen molar-refractivity contribution in [2.75, 3.05) is 13.1 Å². The minimum absolute atomic E-state index is 0.116. The maximum absolute atomic E-state index is 12.4. The standard InChI is InChI=1S/C15H18N4O2/c1-10-18-15(21-19-10)13-7-3-2-6-12(13)14(20)17-9-11-5-4-8-16-11/h2-3,6-7,11,16H,4-5,8-9H2,1H3,(H,17,20). The summed E-state index contributed by atoms with van der Waals surface area (Å²) in [6.45, 7) is 3.41. The Morgan fingerprint density at radius 1 is 1.48 bits per heavy atom. The Labute approximate surface area is 122 Å². The molecule has 3 rings (SSSR count). The molecule has 1 saturated heterocycles. The number of benzene rings is 1. The molecule has 1 aliphatic heterocycles. The van der Waals surface area contributed by atoms with Gasteiger partial charge in [-0.15, -0.1) is 0 Å². The lowest BCUT2D eigenvalue weighted by atomic mass is 10.1. The van der Waals surface area contributed by atoms with Crippen molar-refractivity contribution >= 4 is 5.91 Å². The average molecular weight is 286 g/mol. The molecule has 1 aromatic heterocycles. The SMILES string of the molecule is Cc1noc(-c2ccccc2C(=O)NCC2CCCN2)n1. The number of hydrogen-bond acceptors (Lipinski definition) is 5. The Hall–Kier alpha value is -2.21. The number of hydrogen-bond donors (Lipinski definition) is 2. The normalized spacial score (nSPS) is 17.9. The van der Waals surface area contributed by atoms with Crippen molar-refractivity contribution < 1.29 is 9.32 Å². The molecule has 1 amide bonds. The molecule has 2 heterocycles. The average Bonchev–Trinajstić information content (AvgIpc) is 3.16. The van der Waals surface area contributed by atoms with Crippen molar-refractivity contribution in [1.29, 1.82) is 0 Å². The molecule has 1 atom stereocenters. The quantitative estimate of drug-likeness (QED) is 0.891. The number of aromatic nitrogens is 2. The van der Waals surface area contributed by atoms with Gasteiger partial charge >= 0.3 is 0 Å². The van der Waals surface area contributed by atoms with Crippen LogP contribution in [0, 0.1) is 6.92 Å². The summed E-state index contributed by atoms with van der Waals surface area (Å²) in [5, 5.41) is 10.1. The van der Waals surface area contributed by atoms with E-state index < -0.39 is 0 Å². The van der Waals surface area contributed by atoms with Crippen molar-refractivity contribution in [3.63, 3.8) is 0 Å². The fourth-order valence-corrected chi connectivity index (χ4v) is 2.52. The van der Waals surface area contributed by atoms with E-state index >= 15 is 0 Å². The molecular weight excluding hydrogens is 268 g/mol. The predicted molar refractivity (Wildman–Crippen MR) is 77.8 cm³/mol. The molecule has 0 radical (unpaired) electrons. The van der Waals surface area contributed by atoms with Crippen LogP contribution < -0.4 is 10.6 Å². The summed E-state index contributed by atoms with van der Waals surface area (Å²) in [6, 6.07) is 7.63.